The Labute approximate surface area is 106 Å². The minimum atomic E-state index is 0.715. The lowest BCUT2D eigenvalue weighted by atomic mass is 9.96. The van der Waals surface area contributed by atoms with Crippen molar-refractivity contribution in [2.75, 3.05) is 0 Å². The fourth-order valence-electron chi connectivity index (χ4n) is 2.26. The summed E-state index contributed by atoms with van der Waals surface area (Å²) in [7, 11) is 0. The van der Waals surface area contributed by atoms with Crippen LogP contribution in [0.15, 0.2) is 66.7 Å². The predicted molar refractivity (Wildman–Crippen MR) is 74.8 cm³/mol. The summed E-state index contributed by atoms with van der Waals surface area (Å²) in [6, 6.07) is 22.2. The van der Waals surface area contributed by atoms with Gasteiger partial charge in [0.25, 0.3) is 0 Å². The Morgan fingerprint density at radius 3 is 2.28 bits per heavy atom. The molecule has 0 aliphatic heterocycles. The largest absolute Gasteiger partial charge is 0.298 e. The summed E-state index contributed by atoms with van der Waals surface area (Å²) in [4.78, 5) is 11.0. The van der Waals surface area contributed by atoms with Crippen LogP contribution in [0.3, 0.4) is 0 Å². The molecule has 0 saturated heterocycles. The van der Waals surface area contributed by atoms with Gasteiger partial charge in [0.1, 0.15) is 6.29 Å². The van der Waals surface area contributed by atoms with Crippen molar-refractivity contribution in [3.8, 4) is 11.1 Å². The topological polar surface area (TPSA) is 17.1 Å². The Morgan fingerprint density at radius 1 is 0.778 bits per heavy atom. The first-order valence-corrected chi connectivity index (χ1v) is 5.92. The van der Waals surface area contributed by atoms with E-state index in [2.05, 4.69) is 18.2 Å². The number of aldehydes is 1. The third-order valence-electron chi connectivity index (χ3n) is 3.11. The molecule has 18 heavy (non-hydrogen) atoms. The van der Waals surface area contributed by atoms with E-state index in [0.29, 0.717) is 5.56 Å². The number of rotatable bonds is 2. The highest BCUT2D eigenvalue weighted by Gasteiger charge is 2.05. The van der Waals surface area contributed by atoms with E-state index in [0.717, 1.165) is 22.8 Å². The van der Waals surface area contributed by atoms with Crippen LogP contribution < -0.4 is 0 Å². The lowest BCUT2D eigenvalue weighted by Crippen LogP contribution is -1.86. The van der Waals surface area contributed by atoms with Crippen LogP contribution in [0, 0.1) is 0 Å². The van der Waals surface area contributed by atoms with Crippen LogP contribution in [0.2, 0.25) is 0 Å². The molecule has 0 bridgehead atoms. The SMILES string of the molecule is O=Cc1cc(-c2ccccc2)c2ccccc2c1. The van der Waals surface area contributed by atoms with Crippen LogP contribution in [-0.4, -0.2) is 6.29 Å². The Morgan fingerprint density at radius 2 is 1.50 bits per heavy atom. The molecule has 1 nitrogen and oxygen atoms in total. The number of fused-ring (bicyclic) bond motifs is 1. The van der Waals surface area contributed by atoms with Gasteiger partial charge in [0.15, 0.2) is 0 Å². The number of carbonyl (C=O) groups excluding carboxylic acids is 1. The quantitative estimate of drug-likeness (QED) is 0.601. The van der Waals surface area contributed by atoms with Gasteiger partial charge in [-0.05, 0) is 34.0 Å². The average molecular weight is 232 g/mol. The van der Waals surface area contributed by atoms with Gasteiger partial charge in [0.2, 0.25) is 0 Å². The molecule has 0 amide bonds. The van der Waals surface area contributed by atoms with E-state index in [1.807, 2.05) is 48.5 Å². The summed E-state index contributed by atoms with van der Waals surface area (Å²) < 4.78 is 0. The molecule has 0 aromatic heterocycles. The van der Waals surface area contributed by atoms with Crippen LogP contribution in [0.1, 0.15) is 10.4 Å². The van der Waals surface area contributed by atoms with Crippen LogP contribution in [0.25, 0.3) is 21.9 Å². The fraction of sp³-hybridized carbons (Fsp3) is 0. The highest BCUT2D eigenvalue weighted by Crippen LogP contribution is 2.29. The monoisotopic (exact) mass is 232 g/mol. The average Bonchev–Trinajstić information content (AvgIpc) is 2.47. The molecule has 1 heteroatoms. The van der Waals surface area contributed by atoms with Gasteiger partial charge in [-0.1, -0.05) is 54.6 Å². The standard InChI is InChI=1S/C17H12O/c18-12-13-10-15-8-4-5-9-16(15)17(11-13)14-6-2-1-3-7-14/h1-12H. The molecule has 0 aliphatic carbocycles. The molecule has 0 heterocycles. The summed E-state index contributed by atoms with van der Waals surface area (Å²) >= 11 is 0. The van der Waals surface area contributed by atoms with Crippen molar-refractivity contribution in [2.24, 2.45) is 0 Å². The van der Waals surface area contributed by atoms with Crippen LogP contribution in [0.4, 0.5) is 0 Å². The van der Waals surface area contributed by atoms with Crippen LogP contribution in [-0.2, 0) is 0 Å². The first kappa shape index (κ1) is 10.7. The maximum atomic E-state index is 11.0. The van der Waals surface area contributed by atoms with Gasteiger partial charge >= 0.3 is 0 Å². The number of hydrogen-bond acceptors (Lipinski definition) is 1. The third kappa shape index (κ3) is 1.80. The Bertz CT molecular complexity index is 699. The normalized spacial score (nSPS) is 10.4. The molecule has 3 aromatic rings. The number of hydrogen-bond donors (Lipinski definition) is 0. The first-order valence-electron chi connectivity index (χ1n) is 5.92. The molecule has 0 saturated carbocycles. The second-order valence-corrected chi connectivity index (χ2v) is 4.27. The highest BCUT2D eigenvalue weighted by atomic mass is 16.1. The van der Waals surface area contributed by atoms with Gasteiger partial charge < -0.3 is 0 Å². The smallest absolute Gasteiger partial charge is 0.150 e. The second kappa shape index (κ2) is 4.46. The summed E-state index contributed by atoms with van der Waals surface area (Å²) in [5, 5.41) is 2.27. The highest BCUT2D eigenvalue weighted by molar-refractivity contribution is 6.00. The van der Waals surface area contributed by atoms with Gasteiger partial charge in [-0.15, -0.1) is 0 Å². The van der Waals surface area contributed by atoms with Gasteiger partial charge in [-0.2, -0.15) is 0 Å². The van der Waals surface area contributed by atoms with E-state index in [9.17, 15) is 4.79 Å². The predicted octanol–water partition coefficient (Wildman–Crippen LogP) is 4.32. The molecule has 3 rings (SSSR count). The zero-order valence-electron chi connectivity index (χ0n) is 9.84. The molecule has 0 fully saturated rings. The molecular weight excluding hydrogens is 220 g/mol. The maximum Gasteiger partial charge on any atom is 0.150 e. The Balaban J connectivity index is 2.36. The van der Waals surface area contributed by atoms with Crippen molar-refractivity contribution >= 4 is 17.1 Å². The summed E-state index contributed by atoms with van der Waals surface area (Å²) in [6.45, 7) is 0. The van der Waals surface area contributed by atoms with Gasteiger partial charge in [-0.3, -0.25) is 4.79 Å². The van der Waals surface area contributed by atoms with Gasteiger partial charge in [0.05, 0.1) is 0 Å². The molecule has 0 spiro atoms. The van der Waals surface area contributed by atoms with E-state index in [4.69, 9.17) is 0 Å². The molecule has 0 radical (unpaired) electrons. The number of benzene rings is 3. The van der Waals surface area contributed by atoms with Crippen LogP contribution in [0.5, 0.6) is 0 Å². The zero-order valence-corrected chi connectivity index (χ0v) is 9.84. The van der Waals surface area contributed by atoms with E-state index in [1.165, 1.54) is 5.39 Å². The lowest BCUT2D eigenvalue weighted by molar-refractivity contribution is 0.112. The Kier molecular flexibility index (Phi) is 2.66. The fourth-order valence-corrected chi connectivity index (χ4v) is 2.26. The Hall–Kier alpha value is -2.41. The molecule has 0 unspecified atom stereocenters. The molecule has 3 aromatic carbocycles. The van der Waals surface area contributed by atoms with Crippen molar-refractivity contribution < 1.29 is 4.79 Å². The summed E-state index contributed by atoms with van der Waals surface area (Å²) in [5.41, 5.74) is 2.96. The van der Waals surface area contributed by atoms with Gasteiger partial charge in [-0.25, -0.2) is 0 Å². The van der Waals surface area contributed by atoms with Crippen molar-refractivity contribution in [1.29, 1.82) is 0 Å². The van der Waals surface area contributed by atoms with E-state index >= 15 is 0 Å². The summed E-state index contributed by atoms with van der Waals surface area (Å²) in [6.07, 6.45) is 0.902. The minimum Gasteiger partial charge on any atom is -0.298 e. The molecular formula is C17H12O. The minimum absolute atomic E-state index is 0.715. The van der Waals surface area contributed by atoms with Crippen molar-refractivity contribution in [2.45, 2.75) is 0 Å². The molecule has 86 valence electrons. The van der Waals surface area contributed by atoms with Gasteiger partial charge in [0, 0.05) is 5.56 Å². The molecule has 0 atom stereocenters. The second-order valence-electron chi connectivity index (χ2n) is 4.27. The molecule has 0 aliphatic rings. The zero-order chi connectivity index (χ0) is 12.4. The van der Waals surface area contributed by atoms with E-state index < -0.39 is 0 Å². The van der Waals surface area contributed by atoms with Crippen molar-refractivity contribution in [3.63, 3.8) is 0 Å². The van der Waals surface area contributed by atoms with Crippen LogP contribution >= 0.6 is 0 Å². The molecule has 0 N–H and O–H groups in total. The van der Waals surface area contributed by atoms with E-state index in [1.54, 1.807) is 0 Å². The third-order valence-corrected chi connectivity index (χ3v) is 3.11. The lowest BCUT2D eigenvalue weighted by Gasteiger charge is -2.08. The van der Waals surface area contributed by atoms with Crippen molar-refractivity contribution in [1.82, 2.24) is 0 Å². The number of carbonyl (C=O) groups is 1. The maximum absolute atomic E-state index is 11.0. The first-order chi connectivity index (χ1) is 8.88. The van der Waals surface area contributed by atoms with Crippen molar-refractivity contribution in [3.05, 3.63) is 72.3 Å². The summed E-state index contributed by atoms with van der Waals surface area (Å²) in [5.74, 6) is 0. The van der Waals surface area contributed by atoms with E-state index in [-0.39, 0.29) is 0 Å².